The van der Waals surface area contributed by atoms with E-state index in [0.717, 1.165) is 32.4 Å². The lowest BCUT2D eigenvalue weighted by molar-refractivity contribution is -0.123. The van der Waals surface area contributed by atoms with Crippen LogP contribution in [0.3, 0.4) is 0 Å². The van der Waals surface area contributed by atoms with Crippen LogP contribution < -0.4 is 15.4 Å². The average Bonchev–Trinajstić information content (AvgIpc) is 3.19. The Kier molecular flexibility index (Phi) is 4.34. The molecule has 1 spiro atoms. The smallest absolute Gasteiger partial charge is 0.223 e. The maximum atomic E-state index is 13.1. The lowest BCUT2D eigenvalue weighted by Crippen LogP contribution is -2.37. The lowest BCUT2D eigenvalue weighted by atomic mass is 9.92. The number of nitrogens with one attached hydrogen (secondary N) is 2. The summed E-state index contributed by atoms with van der Waals surface area (Å²) < 4.78 is 18.7. The molecule has 2 N–H and O–H groups in total. The Bertz CT molecular complexity index is 543. The number of hydrogen-bond acceptors (Lipinski definition) is 3. The summed E-state index contributed by atoms with van der Waals surface area (Å²) in [5.74, 6) is 0.468. The third kappa shape index (κ3) is 3.40. The van der Waals surface area contributed by atoms with Crippen molar-refractivity contribution in [1.82, 2.24) is 10.6 Å². The summed E-state index contributed by atoms with van der Waals surface area (Å²) in [6.45, 7) is 4.35. The van der Waals surface area contributed by atoms with E-state index in [-0.39, 0.29) is 29.2 Å². The number of rotatable bonds is 5. The largest absolute Gasteiger partial charge is 0.489 e. The summed E-state index contributed by atoms with van der Waals surface area (Å²) in [6.07, 6.45) is 3.02. The highest BCUT2D eigenvalue weighted by Crippen LogP contribution is 2.58. The second kappa shape index (κ2) is 6.24. The molecule has 3 rings (SSSR count). The van der Waals surface area contributed by atoms with E-state index in [1.165, 1.54) is 12.1 Å². The van der Waals surface area contributed by atoms with Gasteiger partial charge in [-0.25, -0.2) is 4.39 Å². The first-order valence-electron chi connectivity index (χ1n) is 8.00. The van der Waals surface area contributed by atoms with Gasteiger partial charge in [-0.1, -0.05) is 6.07 Å². The number of ether oxygens (including phenoxy) is 1. The molecule has 4 nitrogen and oxygen atoms in total. The highest BCUT2D eigenvalue weighted by Gasteiger charge is 2.57. The number of halogens is 1. The molecule has 120 valence electrons. The molecule has 1 saturated carbocycles. The molecule has 1 aliphatic heterocycles. The van der Waals surface area contributed by atoms with Gasteiger partial charge >= 0.3 is 0 Å². The van der Waals surface area contributed by atoms with Crippen LogP contribution in [-0.4, -0.2) is 31.6 Å². The standard InChI is InChI=1S/C17H23FN2O2/c1-12(22-14-4-2-3-13(18)9-14)11-20-16(21)15-10-17(15)5-7-19-8-6-17/h2-4,9,12,15,19H,5-8,10-11H2,1H3,(H,20,21). The van der Waals surface area contributed by atoms with Gasteiger partial charge in [-0.3, -0.25) is 4.79 Å². The Morgan fingerprint density at radius 1 is 1.50 bits per heavy atom. The van der Waals surface area contributed by atoms with Crippen LogP contribution in [0.5, 0.6) is 5.75 Å². The zero-order valence-electron chi connectivity index (χ0n) is 12.9. The van der Waals surface area contributed by atoms with Gasteiger partial charge in [0, 0.05) is 12.0 Å². The van der Waals surface area contributed by atoms with Crippen LogP contribution in [0.15, 0.2) is 24.3 Å². The highest BCUT2D eigenvalue weighted by molar-refractivity contribution is 5.82. The molecule has 2 fully saturated rings. The topological polar surface area (TPSA) is 50.4 Å². The van der Waals surface area contributed by atoms with Gasteiger partial charge in [0.1, 0.15) is 17.7 Å². The minimum Gasteiger partial charge on any atom is -0.489 e. The van der Waals surface area contributed by atoms with Gasteiger partial charge in [-0.05, 0) is 56.8 Å². The van der Waals surface area contributed by atoms with Crippen molar-refractivity contribution in [2.24, 2.45) is 11.3 Å². The summed E-state index contributed by atoms with van der Waals surface area (Å²) in [4.78, 5) is 12.2. The molecule has 2 aliphatic rings. The van der Waals surface area contributed by atoms with Gasteiger partial charge in [-0.2, -0.15) is 0 Å². The first-order chi connectivity index (χ1) is 10.6. The number of amides is 1. The van der Waals surface area contributed by atoms with Crippen LogP contribution in [0, 0.1) is 17.2 Å². The molecule has 22 heavy (non-hydrogen) atoms. The number of hydrogen-bond donors (Lipinski definition) is 2. The number of benzene rings is 1. The van der Waals surface area contributed by atoms with Crippen molar-refractivity contribution >= 4 is 5.91 Å². The Hall–Kier alpha value is -1.62. The van der Waals surface area contributed by atoms with Crippen molar-refractivity contribution in [1.29, 1.82) is 0 Å². The molecule has 1 amide bonds. The number of carbonyl (C=O) groups excluding carboxylic acids is 1. The minimum absolute atomic E-state index is 0.136. The van der Waals surface area contributed by atoms with Crippen molar-refractivity contribution < 1.29 is 13.9 Å². The molecular formula is C17H23FN2O2. The van der Waals surface area contributed by atoms with E-state index in [2.05, 4.69) is 10.6 Å². The zero-order chi connectivity index (χ0) is 15.6. The van der Waals surface area contributed by atoms with Gasteiger partial charge in [0.2, 0.25) is 5.91 Å². The van der Waals surface area contributed by atoms with Gasteiger partial charge in [0.15, 0.2) is 0 Å². The first kappa shape index (κ1) is 15.3. The summed E-state index contributed by atoms with van der Waals surface area (Å²) in [6, 6.07) is 6.06. The molecule has 0 bridgehead atoms. The molecule has 0 aromatic heterocycles. The van der Waals surface area contributed by atoms with Crippen molar-refractivity contribution in [3.63, 3.8) is 0 Å². The van der Waals surface area contributed by atoms with Crippen molar-refractivity contribution in [2.75, 3.05) is 19.6 Å². The highest BCUT2D eigenvalue weighted by atomic mass is 19.1. The number of carbonyl (C=O) groups is 1. The van der Waals surface area contributed by atoms with Crippen LogP contribution in [0.1, 0.15) is 26.2 Å². The van der Waals surface area contributed by atoms with E-state index in [1.807, 2.05) is 6.92 Å². The van der Waals surface area contributed by atoms with E-state index in [4.69, 9.17) is 4.74 Å². The van der Waals surface area contributed by atoms with Crippen molar-refractivity contribution in [3.05, 3.63) is 30.1 Å². The van der Waals surface area contributed by atoms with E-state index >= 15 is 0 Å². The van der Waals surface area contributed by atoms with Crippen LogP contribution in [0.2, 0.25) is 0 Å². The van der Waals surface area contributed by atoms with E-state index in [1.54, 1.807) is 12.1 Å². The Morgan fingerprint density at radius 2 is 2.27 bits per heavy atom. The van der Waals surface area contributed by atoms with Gasteiger partial charge < -0.3 is 15.4 Å². The fraction of sp³-hybridized carbons (Fsp3) is 0.588. The summed E-state index contributed by atoms with van der Waals surface area (Å²) in [7, 11) is 0. The fourth-order valence-corrected chi connectivity index (χ4v) is 3.38. The summed E-state index contributed by atoms with van der Waals surface area (Å²) >= 11 is 0. The Balaban J connectivity index is 1.43. The van der Waals surface area contributed by atoms with E-state index < -0.39 is 0 Å². The summed E-state index contributed by atoms with van der Waals surface area (Å²) in [5, 5.41) is 6.31. The third-order valence-electron chi connectivity index (χ3n) is 4.80. The molecule has 2 atom stereocenters. The van der Waals surface area contributed by atoms with Crippen LogP contribution in [-0.2, 0) is 4.79 Å². The molecule has 1 aromatic carbocycles. The minimum atomic E-state index is -0.320. The van der Waals surface area contributed by atoms with Crippen LogP contribution in [0.4, 0.5) is 4.39 Å². The second-order valence-corrected chi connectivity index (χ2v) is 6.50. The molecule has 2 unspecified atom stereocenters. The first-order valence-corrected chi connectivity index (χ1v) is 8.00. The third-order valence-corrected chi connectivity index (χ3v) is 4.80. The van der Waals surface area contributed by atoms with Crippen molar-refractivity contribution in [2.45, 2.75) is 32.3 Å². The SMILES string of the molecule is CC(CNC(=O)C1CC12CCNCC2)Oc1cccc(F)c1. The Morgan fingerprint density at radius 3 is 3.00 bits per heavy atom. The molecule has 0 radical (unpaired) electrons. The summed E-state index contributed by atoms with van der Waals surface area (Å²) in [5.41, 5.74) is 0.252. The molecular weight excluding hydrogens is 283 g/mol. The second-order valence-electron chi connectivity index (χ2n) is 6.50. The quantitative estimate of drug-likeness (QED) is 0.876. The predicted octanol–water partition coefficient (Wildman–Crippen LogP) is 2.10. The molecule has 5 heteroatoms. The monoisotopic (exact) mass is 306 g/mol. The van der Waals surface area contributed by atoms with Gasteiger partial charge in [-0.15, -0.1) is 0 Å². The predicted molar refractivity (Wildman–Crippen MR) is 82.1 cm³/mol. The van der Waals surface area contributed by atoms with Gasteiger partial charge in [0.25, 0.3) is 0 Å². The number of piperidine rings is 1. The molecule has 1 aromatic rings. The van der Waals surface area contributed by atoms with Crippen LogP contribution >= 0.6 is 0 Å². The van der Waals surface area contributed by atoms with Crippen LogP contribution in [0.25, 0.3) is 0 Å². The Labute approximate surface area is 130 Å². The lowest BCUT2D eigenvalue weighted by Gasteiger charge is -2.23. The molecule has 1 heterocycles. The zero-order valence-corrected chi connectivity index (χ0v) is 12.9. The molecule has 1 aliphatic carbocycles. The maximum absolute atomic E-state index is 13.1. The molecule has 1 saturated heterocycles. The van der Waals surface area contributed by atoms with E-state index in [9.17, 15) is 9.18 Å². The van der Waals surface area contributed by atoms with Crippen molar-refractivity contribution in [3.8, 4) is 5.75 Å². The van der Waals surface area contributed by atoms with Gasteiger partial charge in [0.05, 0.1) is 6.54 Å². The average molecular weight is 306 g/mol. The van der Waals surface area contributed by atoms with E-state index in [0.29, 0.717) is 12.3 Å². The fourth-order valence-electron chi connectivity index (χ4n) is 3.38. The maximum Gasteiger partial charge on any atom is 0.223 e. The normalized spacial score (nSPS) is 23.8.